The van der Waals surface area contributed by atoms with Crippen LogP contribution in [0.3, 0.4) is 0 Å². The summed E-state index contributed by atoms with van der Waals surface area (Å²) in [6.45, 7) is 9.36. The number of likely N-dealkylation sites (N-methyl/N-ethyl adjacent to an activating group) is 1. The molecule has 116 valence electrons. The van der Waals surface area contributed by atoms with Gasteiger partial charge < -0.3 is 15.5 Å². The molecule has 0 aliphatic carbocycles. The van der Waals surface area contributed by atoms with Gasteiger partial charge in [-0.1, -0.05) is 45.0 Å². The molecular formula is C17H28N4. The van der Waals surface area contributed by atoms with Crippen LogP contribution in [0.1, 0.15) is 37.9 Å². The van der Waals surface area contributed by atoms with Gasteiger partial charge in [-0.3, -0.25) is 4.99 Å². The second-order valence-electron chi connectivity index (χ2n) is 7.08. The first-order chi connectivity index (χ1) is 9.79. The molecule has 0 amide bonds. The zero-order valence-corrected chi connectivity index (χ0v) is 13.9. The minimum atomic E-state index is 0.189. The number of nitrogens with zero attached hydrogens (tertiary/aromatic N) is 3. The van der Waals surface area contributed by atoms with Gasteiger partial charge in [-0.25, -0.2) is 0 Å². The monoisotopic (exact) mass is 288 g/mol. The van der Waals surface area contributed by atoms with Crippen LogP contribution in [-0.4, -0.2) is 49.5 Å². The van der Waals surface area contributed by atoms with Crippen LogP contribution in [0.25, 0.3) is 0 Å². The van der Waals surface area contributed by atoms with Crippen molar-refractivity contribution in [2.75, 3.05) is 33.7 Å². The highest BCUT2D eigenvalue weighted by Gasteiger charge is 2.27. The van der Waals surface area contributed by atoms with Crippen molar-refractivity contribution in [2.24, 2.45) is 10.7 Å². The van der Waals surface area contributed by atoms with E-state index in [4.69, 9.17) is 5.73 Å². The maximum absolute atomic E-state index is 6.05. The molecule has 1 unspecified atom stereocenters. The van der Waals surface area contributed by atoms with Gasteiger partial charge in [-0.05, 0) is 30.6 Å². The van der Waals surface area contributed by atoms with Crippen LogP contribution in [0.4, 0.5) is 0 Å². The van der Waals surface area contributed by atoms with Gasteiger partial charge >= 0.3 is 0 Å². The Kier molecular flexibility index (Phi) is 4.57. The van der Waals surface area contributed by atoms with E-state index in [9.17, 15) is 0 Å². The van der Waals surface area contributed by atoms with E-state index in [1.165, 1.54) is 11.1 Å². The van der Waals surface area contributed by atoms with Gasteiger partial charge in [0.25, 0.3) is 0 Å². The summed E-state index contributed by atoms with van der Waals surface area (Å²) in [7, 11) is 4.16. The van der Waals surface area contributed by atoms with Crippen LogP contribution in [-0.2, 0) is 5.41 Å². The second-order valence-corrected chi connectivity index (χ2v) is 7.08. The van der Waals surface area contributed by atoms with Gasteiger partial charge in [-0.2, -0.15) is 0 Å². The van der Waals surface area contributed by atoms with Crippen LogP contribution in [0, 0.1) is 0 Å². The summed E-state index contributed by atoms with van der Waals surface area (Å²) < 4.78 is 0. The van der Waals surface area contributed by atoms with Gasteiger partial charge in [0.15, 0.2) is 5.96 Å². The van der Waals surface area contributed by atoms with E-state index in [1.807, 2.05) is 0 Å². The molecular weight excluding hydrogens is 260 g/mol. The molecule has 0 saturated heterocycles. The Balaban J connectivity index is 2.13. The Morgan fingerprint density at radius 3 is 2.38 bits per heavy atom. The third-order valence-electron chi connectivity index (χ3n) is 4.05. The van der Waals surface area contributed by atoms with Crippen LogP contribution in [0.5, 0.6) is 0 Å². The maximum Gasteiger partial charge on any atom is 0.191 e. The molecule has 0 aromatic heterocycles. The molecule has 1 aliphatic heterocycles. The smallest absolute Gasteiger partial charge is 0.191 e. The predicted molar refractivity (Wildman–Crippen MR) is 89.6 cm³/mol. The van der Waals surface area contributed by atoms with Crippen LogP contribution >= 0.6 is 0 Å². The molecule has 1 heterocycles. The van der Waals surface area contributed by atoms with Crippen LogP contribution < -0.4 is 5.73 Å². The minimum absolute atomic E-state index is 0.189. The quantitative estimate of drug-likeness (QED) is 0.924. The summed E-state index contributed by atoms with van der Waals surface area (Å²) >= 11 is 0. The van der Waals surface area contributed by atoms with Gasteiger partial charge in [0.2, 0.25) is 0 Å². The molecule has 1 aromatic carbocycles. The summed E-state index contributed by atoms with van der Waals surface area (Å²) in [5.74, 6) is 0.668. The van der Waals surface area contributed by atoms with Crippen molar-refractivity contribution in [3.63, 3.8) is 0 Å². The molecule has 0 fully saturated rings. The third kappa shape index (κ3) is 3.76. The van der Waals surface area contributed by atoms with Crippen molar-refractivity contribution in [1.29, 1.82) is 0 Å². The van der Waals surface area contributed by atoms with Gasteiger partial charge in [-0.15, -0.1) is 0 Å². The molecule has 4 heteroatoms. The summed E-state index contributed by atoms with van der Waals surface area (Å²) in [5, 5.41) is 0. The number of benzene rings is 1. The third-order valence-corrected chi connectivity index (χ3v) is 4.05. The highest BCUT2D eigenvalue weighted by molar-refractivity contribution is 5.80. The number of hydrogen-bond acceptors (Lipinski definition) is 4. The molecule has 0 bridgehead atoms. The van der Waals surface area contributed by atoms with E-state index >= 15 is 0 Å². The van der Waals surface area contributed by atoms with E-state index in [0.29, 0.717) is 5.96 Å². The molecule has 0 saturated carbocycles. The predicted octanol–water partition coefficient (Wildman–Crippen LogP) is 2.22. The number of guanidine groups is 1. The van der Waals surface area contributed by atoms with Crippen LogP contribution in [0.15, 0.2) is 29.3 Å². The zero-order chi connectivity index (χ0) is 15.6. The summed E-state index contributed by atoms with van der Waals surface area (Å²) in [6.07, 6.45) is 0. The number of rotatable bonds is 4. The summed E-state index contributed by atoms with van der Waals surface area (Å²) in [4.78, 5) is 8.81. The van der Waals surface area contributed by atoms with E-state index in [-0.39, 0.29) is 11.5 Å². The first kappa shape index (κ1) is 15.8. The average molecular weight is 288 g/mol. The first-order valence-corrected chi connectivity index (χ1v) is 7.61. The largest absolute Gasteiger partial charge is 0.370 e. The number of hydrogen-bond donors (Lipinski definition) is 1. The standard InChI is InChI=1S/C17H28N4/c1-17(2,3)14-8-6-13(7-9-14)15-12-19-16(18)21(15)11-10-20(4)5/h6-9,15H,10-12H2,1-5H3,(H2,18,19). The van der Waals surface area contributed by atoms with Crippen molar-refractivity contribution in [1.82, 2.24) is 9.80 Å². The lowest BCUT2D eigenvalue weighted by atomic mass is 9.86. The van der Waals surface area contributed by atoms with Crippen molar-refractivity contribution in [3.8, 4) is 0 Å². The first-order valence-electron chi connectivity index (χ1n) is 7.61. The highest BCUT2D eigenvalue weighted by Crippen LogP contribution is 2.28. The number of aliphatic imine (C=N–C) groups is 1. The maximum atomic E-state index is 6.05. The lowest BCUT2D eigenvalue weighted by molar-refractivity contribution is 0.293. The highest BCUT2D eigenvalue weighted by atomic mass is 15.3. The summed E-state index contributed by atoms with van der Waals surface area (Å²) in [5.41, 5.74) is 8.89. The van der Waals surface area contributed by atoms with E-state index in [0.717, 1.165) is 19.6 Å². The lowest BCUT2D eigenvalue weighted by Gasteiger charge is -2.28. The molecule has 2 rings (SSSR count). The van der Waals surface area contributed by atoms with Gasteiger partial charge in [0.1, 0.15) is 0 Å². The van der Waals surface area contributed by atoms with Crippen molar-refractivity contribution >= 4 is 5.96 Å². The average Bonchev–Trinajstić information content (AvgIpc) is 2.77. The van der Waals surface area contributed by atoms with Crippen molar-refractivity contribution in [3.05, 3.63) is 35.4 Å². The van der Waals surface area contributed by atoms with E-state index < -0.39 is 0 Å². The Labute approximate surface area is 128 Å². The lowest BCUT2D eigenvalue weighted by Crippen LogP contribution is -2.40. The van der Waals surface area contributed by atoms with Gasteiger partial charge in [0, 0.05) is 13.1 Å². The topological polar surface area (TPSA) is 44.9 Å². The molecule has 2 N–H and O–H groups in total. The molecule has 4 nitrogen and oxygen atoms in total. The van der Waals surface area contributed by atoms with Gasteiger partial charge in [0.05, 0.1) is 12.6 Å². The molecule has 0 radical (unpaired) electrons. The fraction of sp³-hybridized carbons (Fsp3) is 0.588. The Morgan fingerprint density at radius 1 is 1.24 bits per heavy atom. The Morgan fingerprint density at radius 2 is 1.86 bits per heavy atom. The molecule has 1 aliphatic rings. The fourth-order valence-corrected chi connectivity index (χ4v) is 2.60. The Hall–Kier alpha value is -1.55. The molecule has 1 aromatic rings. The minimum Gasteiger partial charge on any atom is -0.370 e. The zero-order valence-electron chi connectivity index (χ0n) is 13.9. The molecule has 1 atom stereocenters. The SMILES string of the molecule is CN(C)CCN1C(N)=NCC1c1ccc(C(C)(C)C)cc1. The molecule has 0 spiro atoms. The van der Waals surface area contributed by atoms with Crippen molar-refractivity contribution < 1.29 is 0 Å². The van der Waals surface area contributed by atoms with E-state index in [2.05, 4.69) is 73.9 Å². The second kappa shape index (κ2) is 6.06. The number of nitrogens with two attached hydrogens (primary N) is 1. The van der Waals surface area contributed by atoms with Crippen molar-refractivity contribution in [2.45, 2.75) is 32.2 Å². The fourth-order valence-electron chi connectivity index (χ4n) is 2.60. The van der Waals surface area contributed by atoms with E-state index in [1.54, 1.807) is 0 Å². The van der Waals surface area contributed by atoms with Crippen LogP contribution in [0.2, 0.25) is 0 Å². The molecule has 21 heavy (non-hydrogen) atoms. The normalized spacial score (nSPS) is 19.2. The Bertz CT molecular complexity index is 497. The summed E-state index contributed by atoms with van der Waals surface area (Å²) in [6, 6.07) is 9.19.